The maximum atomic E-state index is 13.2. The quantitative estimate of drug-likeness (QED) is 0.811. The maximum Gasteiger partial charge on any atom is 0.125 e. The first-order valence-corrected chi connectivity index (χ1v) is 6.60. The van der Waals surface area contributed by atoms with Crippen molar-refractivity contribution in [1.82, 2.24) is 0 Å². The molecule has 2 aromatic rings. The van der Waals surface area contributed by atoms with E-state index in [2.05, 4.69) is 43.2 Å². The van der Waals surface area contributed by atoms with Crippen molar-refractivity contribution in [3.05, 3.63) is 56.7 Å². The summed E-state index contributed by atoms with van der Waals surface area (Å²) in [6.45, 7) is 0. The number of hydrogen-bond acceptors (Lipinski definition) is 2. The Morgan fingerprint density at radius 3 is 2.44 bits per heavy atom. The van der Waals surface area contributed by atoms with Crippen LogP contribution in [0.3, 0.4) is 0 Å². The van der Waals surface area contributed by atoms with Crippen LogP contribution >= 0.6 is 31.9 Å². The molecule has 90 valence electrons. The molecule has 0 amide bonds. The molecule has 0 aliphatic heterocycles. The van der Waals surface area contributed by atoms with E-state index in [1.807, 2.05) is 0 Å². The van der Waals surface area contributed by atoms with Gasteiger partial charge in [-0.2, -0.15) is 5.26 Å². The minimum atomic E-state index is -0.314. The number of rotatable bonds is 2. The van der Waals surface area contributed by atoms with Crippen molar-refractivity contribution in [3.8, 4) is 6.07 Å². The van der Waals surface area contributed by atoms with Crippen LogP contribution < -0.4 is 5.32 Å². The molecule has 0 aromatic heterocycles. The number of nitrogens with zero attached hydrogens (tertiary/aromatic N) is 1. The van der Waals surface area contributed by atoms with Gasteiger partial charge in [0.05, 0.1) is 23.0 Å². The molecule has 1 N–H and O–H groups in total. The fraction of sp³-hybridized carbons (Fsp3) is 0. The fourth-order valence-electron chi connectivity index (χ4n) is 1.42. The largest absolute Gasteiger partial charge is 0.354 e. The monoisotopic (exact) mass is 368 g/mol. The molecule has 0 atom stereocenters. The van der Waals surface area contributed by atoms with Crippen LogP contribution in [0.25, 0.3) is 0 Å². The molecule has 5 heteroatoms. The highest BCUT2D eigenvalue weighted by Crippen LogP contribution is 2.31. The Bertz CT molecular complexity index is 635. The minimum Gasteiger partial charge on any atom is -0.354 e. The van der Waals surface area contributed by atoms with E-state index in [1.54, 1.807) is 24.3 Å². The van der Waals surface area contributed by atoms with E-state index in [1.165, 1.54) is 12.1 Å². The van der Waals surface area contributed by atoms with Gasteiger partial charge in [0.1, 0.15) is 5.82 Å². The van der Waals surface area contributed by atoms with Crippen molar-refractivity contribution in [2.75, 3.05) is 5.32 Å². The molecule has 18 heavy (non-hydrogen) atoms. The highest BCUT2D eigenvalue weighted by molar-refractivity contribution is 9.11. The van der Waals surface area contributed by atoms with E-state index in [0.717, 1.165) is 14.6 Å². The van der Waals surface area contributed by atoms with Crippen molar-refractivity contribution in [3.63, 3.8) is 0 Å². The summed E-state index contributed by atoms with van der Waals surface area (Å²) in [6.07, 6.45) is 0. The van der Waals surface area contributed by atoms with E-state index in [-0.39, 0.29) is 5.82 Å². The van der Waals surface area contributed by atoms with Crippen LogP contribution in [-0.2, 0) is 0 Å². The van der Waals surface area contributed by atoms with Gasteiger partial charge >= 0.3 is 0 Å². The van der Waals surface area contributed by atoms with Crippen molar-refractivity contribution >= 4 is 43.2 Å². The zero-order valence-corrected chi connectivity index (χ0v) is 12.2. The molecule has 2 rings (SSSR count). The van der Waals surface area contributed by atoms with Gasteiger partial charge in [0.15, 0.2) is 0 Å². The molecule has 0 radical (unpaired) electrons. The summed E-state index contributed by atoms with van der Waals surface area (Å²) >= 11 is 6.71. The highest BCUT2D eigenvalue weighted by atomic mass is 79.9. The average Bonchev–Trinajstić information content (AvgIpc) is 2.36. The molecule has 0 spiro atoms. The van der Waals surface area contributed by atoms with Gasteiger partial charge in [-0.25, -0.2) is 4.39 Å². The second-order valence-electron chi connectivity index (χ2n) is 3.56. The van der Waals surface area contributed by atoms with Gasteiger partial charge in [0, 0.05) is 8.95 Å². The zero-order valence-electron chi connectivity index (χ0n) is 9.05. The van der Waals surface area contributed by atoms with Crippen molar-refractivity contribution in [2.24, 2.45) is 0 Å². The van der Waals surface area contributed by atoms with E-state index < -0.39 is 0 Å². The van der Waals surface area contributed by atoms with Crippen molar-refractivity contribution in [1.29, 1.82) is 5.26 Å². The summed E-state index contributed by atoms with van der Waals surface area (Å²) in [5.41, 5.74) is 1.95. The first-order valence-electron chi connectivity index (χ1n) is 5.02. The van der Waals surface area contributed by atoms with Gasteiger partial charge in [-0.15, -0.1) is 0 Å². The maximum absolute atomic E-state index is 13.2. The van der Waals surface area contributed by atoms with E-state index >= 15 is 0 Å². The number of halogens is 3. The summed E-state index contributed by atoms with van der Waals surface area (Å²) in [4.78, 5) is 0. The molecule has 0 saturated heterocycles. The van der Waals surface area contributed by atoms with Gasteiger partial charge in [-0.3, -0.25) is 0 Å². The second kappa shape index (κ2) is 5.51. The summed E-state index contributed by atoms with van der Waals surface area (Å²) in [5.74, 6) is -0.314. The number of hydrogen-bond donors (Lipinski definition) is 1. The smallest absolute Gasteiger partial charge is 0.125 e. The highest BCUT2D eigenvalue weighted by Gasteiger charge is 2.05. The van der Waals surface area contributed by atoms with E-state index in [0.29, 0.717) is 11.3 Å². The fourth-order valence-corrected chi connectivity index (χ4v) is 2.25. The normalized spacial score (nSPS) is 9.89. The number of nitrogens with one attached hydrogen (secondary N) is 1. The lowest BCUT2D eigenvalue weighted by Gasteiger charge is -2.10. The molecule has 0 unspecified atom stereocenters. The lowest BCUT2D eigenvalue weighted by Crippen LogP contribution is -1.93. The Balaban J connectivity index is 2.34. The number of nitriles is 1. The SMILES string of the molecule is N#Cc1ccc(Nc2cc(F)ccc2Br)c(Br)c1. The molecule has 0 fully saturated rings. The van der Waals surface area contributed by atoms with Crippen LogP contribution in [0.4, 0.5) is 15.8 Å². The number of anilines is 2. The van der Waals surface area contributed by atoms with E-state index in [9.17, 15) is 4.39 Å². The summed E-state index contributed by atoms with van der Waals surface area (Å²) in [7, 11) is 0. The topological polar surface area (TPSA) is 35.8 Å². The van der Waals surface area contributed by atoms with Crippen LogP contribution in [-0.4, -0.2) is 0 Å². The van der Waals surface area contributed by atoms with Crippen LogP contribution in [0.1, 0.15) is 5.56 Å². The summed E-state index contributed by atoms with van der Waals surface area (Å²) < 4.78 is 14.7. The third-order valence-electron chi connectivity index (χ3n) is 2.30. The van der Waals surface area contributed by atoms with Crippen LogP contribution in [0.15, 0.2) is 45.3 Å². The number of benzene rings is 2. The Hall–Kier alpha value is -1.38. The third-order valence-corrected chi connectivity index (χ3v) is 3.64. The van der Waals surface area contributed by atoms with Gasteiger partial charge < -0.3 is 5.32 Å². The molecule has 2 aromatic carbocycles. The molecular weight excluding hydrogens is 363 g/mol. The first kappa shape index (κ1) is 13.1. The molecule has 0 heterocycles. The zero-order chi connectivity index (χ0) is 13.1. The van der Waals surface area contributed by atoms with Gasteiger partial charge in [0.25, 0.3) is 0 Å². The lowest BCUT2D eigenvalue weighted by atomic mass is 10.2. The van der Waals surface area contributed by atoms with Gasteiger partial charge in [-0.05, 0) is 68.3 Å². The average molecular weight is 370 g/mol. The molecule has 2 nitrogen and oxygen atoms in total. The lowest BCUT2D eigenvalue weighted by molar-refractivity contribution is 0.628. The second-order valence-corrected chi connectivity index (χ2v) is 5.26. The third kappa shape index (κ3) is 2.89. The molecule has 0 aliphatic carbocycles. The predicted molar refractivity (Wildman–Crippen MR) is 76.2 cm³/mol. The predicted octanol–water partition coefficient (Wildman–Crippen LogP) is 4.97. The summed E-state index contributed by atoms with van der Waals surface area (Å²) in [5, 5.41) is 11.9. The Labute approximate surface area is 121 Å². The first-order chi connectivity index (χ1) is 8.60. The van der Waals surface area contributed by atoms with Crippen molar-refractivity contribution in [2.45, 2.75) is 0 Å². The molecular formula is C13H7Br2FN2. The molecule has 0 aliphatic rings. The molecule has 0 bridgehead atoms. The minimum absolute atomic E-state index is 0.314. The Morgan fingerprint density at radius 1 is 1.00 bits per heavy atom. The van der Waals surface area contributed by atoms with Gasteiger partial charge in [0.2, 0.25) is 0 Å². The Kier molecular flexibility index (Phi) is 4.00. The standard InChI is InChI=1S/C13H7Br2FN2/c14-10-3-2-9(16)6-13(10)18-12-4-1-8(7-17)5-11(12)15/h1-6,18H. The summed E-state index contributed by atoms with van der Waals surface area (Å²) in [6, 6.07) is 11.6. The van der Waals surface area contributed by atoms with Crippen molar-refractivity contribution < 1.29 is 4.39 Å². The van der Waals surface area contributed by atoms with Crippen LogP contribution in [0.2, 0.25) is 0 Å². The van der Waals surface area contributed by atoms with Crippen LogP contribution in [0.5, 0.6) is 0 Å². The van der Waals surface area contributed by atoms with E-state index in [4.69, 9.17) is 5.26 Å². The van der Waals surface area contributed by atoms with Crippen LogP contribution in [0, 0.1) is 17.1 Å². The Morgan fingerprint density at radius 2 is 1.78 bits per heavy atom. The van der Waals surface area contributed by atoms with Gasteiger partial charge in [-0.1, -0.05) is 0 Å². The molecule has 0 saturated carbocycles.